The molecule has 158 valence electrons. The van der Waals surface area contributed by atoms with Crippen molar-refractivity contribution in [3.05, 3.63) is 59.5 Å². The van der Waals surface area contributed by atoms with Gasteiger partial charge in [0.25, 0.3) is 5.91 Å². The van der Waals surface area contributed by atoms with Gasteiger partial charge < -0.3 is 18.9 Å². The van der Waals surface area contributed by atoms with Gasteiger partial charge in [-0.1, -0.05) is 11.2 Å². The largest absolute Gasteiger partial charge is 0.497 e. The second-order valence-corrected chi connectivity index (χ2v) is 7.39. The highest BCUT2D eigenvalue weighted by Gasteiger charge is 2.21. The molecule has 0 spiro atoms. The van der Waals surface area contributed by atoms with Crippen LogP contribution in [0.15, 0.2) is 47.0 Å². The van der Waals surface area contributed by atoms with Gasteiger partial charge in [0.2, 0.25) is 11.7 Å². The molecule has 0 radical (unpaired) electrons. The van der Waals surface area contributed by atoms with Crippen molar-refractivity contribution < 1.29 is 18.8 Å². The van der Waals surface area contributed by atoms with Crippen molar-refractivity contribution in [3.8, 4) is 22.9 Å². The van der Waals surface area contributed by atoms with Gasteiger partial charge in [-0.25, -0.2) is 0 Å². The molecule has 0 N–H and O–H groups in total. The van der Waals surface area contributed by atoms with E-state index in [2.05, 4.69) is 10.1 Å². The number of carbonyl (C=O) groups excluding carboxylic acids is 1. The summed E-state index contributed by atoms with van der Waals surface area (Å²) in [5.41, 5.74) is 3.12. The lowest BCUT2D eigenvalue weighted by molar-refractivity contribution is -0.136. The first kappa shape index (κ1) is 21.4. The summed E-state index contributed by atoms with van der Waals surface area (Å²) in [6.45, 7) is 8.09. The van der Waals surface area contributed by atoms with Crippen LogP contribution in [0.2, 0.25) is 0 Å². The van der Waals surface area contributed by atoms with Crippen molar-refractivity contribution >= 4 is 5.91 Å². The van der Waals surface area contributed by atoms with Crippen LogP contribution in [0.1, 0.15) is 30.9 Å². The molecule has 7 nitrogen and oxygen atoms in total. The number of benzene rings is 2. The molecule has 0 atom stereocenters. The lowest BCUT2D eigenvalue weighted by Gasteiger charge is -2.25. The van der Waals surface area contributed by atoms with Crippen molar-refractivity contribution in [1.29, 1.82) is 0 Å². The van der Waals surface area contributed by atoms with Gasteiger partial charge in [0.15, 0.2) is 6.61 Å². The maximum atomic E-state index is 12.8. The summed E-state index contributed by atoms with van der Waals surface area (Å²) in [6, 6.07) is 13.1. The highest BCUT2D eigenvalue weighted by atomic mass is 16.5. The van der Waals surface area contributed by atoms with Gasteiger partial charge in [-0.3, -0.25) is 4.79 Å². The third kappa shape index (κ3) is 5.17. The van der Waals surface area contributed by atoms with Gasteiger partial charge in [0.1, 0.15) is 18.0 Å². The zero-order valence-electron chi connectivity index (χ0n) is 18.0. The van der Waals surface area contributed by atoms with E-state index in [1.54, 1.807) is 12.0 Å². The smallest absolute Gasteiger partial charge is 0.261 e. The van der Waals surface area contributed by atoms with Gasteiger partial charge in [-0.05, 0) is 75.2 Å². The van der Waals surface area contributed by atoms with E-state index in [9.17, 15) is 4.79 Å². The van der Waals surface area contributed by atoms with Crippen LogP contribution >= 0.6 is 0 Å². The summed E-state index contributed by atoms with van der Waals surface area (Å²) >= 11 is 0. The summed E-state index contributed by atoms with van der Waals surface area (Å²) in [6.07, 6.45) is 0. The summed E-state index contributed by atoms with van der Waals surface area (Å²) in [7, 11) is 1.61. The molecule has 3 aromatic rings. The van der Waals surface area contributed by atoms with E-state index in [1.165, 1.54) is 5.56 Å². The Morgan fingerprint density at radius 3 is 2.40 bits per heavy atom. The maximum absolute atomic E-state index is 12.8. The number of hydrogen-bond acceptors (Lipinski definition) is 6. The molecule has 0 saturated carbocycles. The van der Waals surface area contributed by atoms with Crippen LogP contribution in [0.3, 0.4) is 0 Å². The van der Waals surface area contributed by atoms with Crippen molar-refractivity contribution in [2.75, 3.05) is 13.7 Å². The van der Waals surface area contributed by atoms with Crippen molar-refractivity contribution in [2.24, 2.45) is 0 Å². The molecule has 0 aliphatic carbocycles. The molecule has 2 aromatic carbocycles. The number of aromatic nitrogens is 2. The number of hydrogen-bond donors (Lipinski definition) is 0. The first-order chi connectivity index (χ1) is 14.4. The fraction of sp³-hybridized carbons (Fsp3) is 0.348. The molecule has 1 amide bonds. The molecular weight excluding hydrogens is 382 g/mol. The summed E-state index contributed by atoms with van der Waals surface area (Å²) < 4.78 is 16.2. The predicted molar refractivity (Wildman–Crippen MR) is 113 cm³/mol. The van der Waals surface area contributed by atoms with Gasteiger partial charge in [-0.2, -0.15) is 4.98 Å². The zero-order chi connectivity index (χ0) is 21.7. The minimum atomic E-state index is -0.146. The number of aryl methyl sites for hydroxylation is 2. The monoisotopic (exact) mass is 409 g/mol. The first-order valence-corrected chi connectivity index (χ1v) is 9.84. The zero-order valence-corrected chi connectivity index (χ0v) is 18.0. The number of rotatable bonds is 8. The van der Waals surface area contributed by atoms with Gasteiger partial charge in [-0.15, -0.1) is 0 Å². The Kier molecular flexibility index (Phi) is 6.72. The van der Waals surface area contributed by atoms with E-state index in [0.717, 1.165) is 16.9 Å². The highest BCUT2D eigenvalue weighted by molar-refractivity contribution is 5.78. The van der Waals surface area contributed by atoms with E-state index in [4.69, 9.17) is 14.0 Å². The number of methoxy groups -OCH3 is 1. The predicted octanol–water partition coefficient (Wildman–Crippen LogP) is 4.18. The molecular formula is C23H27N3O4. The van der Waals surface area contributed by atoms with Crippen molar-refractivity contribution in [2.45, 2.75) is 40.3 Å². The Labute approximate surface area is 176 Å². The van der Waals surface area contributed by atoms with Crippen molar-refractivity contribution in [1.82, 2.24) is 15.0 Å². The molecule has 0 saturated heterocycles. The molecule has 0 unspecified atom stereocenters. The molecule has 1 heterocycles. The summed E-state index contributed by atoms with van der Waals surface area (Å²) in [5.74, 6) is 2.12. The van der Waals surface area contributed by atoms with Crippen LogP contribution in [0.25, 0.3) is 11.4 Å². The second kappa shape index (κ2) is 9.43. The fourth-order valence-electron chi connectivity index (χ4n) is 2.91. The molecule has 0 fully saturated rings. The number of carbonyl (C=O) groups is 1. The van der Waals surface area contributed by atoms with E-state index in [-0.39, 0.29) is 25.1 Å². The molecule has 1 aromatic heterocycles. The topological polar surface area (TPSA) is 77.7 Å². The Morgan fingerprint density at radius 2 is 1.77 bits per heavy atom. The first-order valence-electron chi connectivity index (χ1n) is 9.84. The molecule has 0 aliphatic heterocycles. The molecule has 30 heavy (non-hydrogen) atoms. The normalized spacial score (nSPS) is 10.9. The summed E-state index contributed by atoms with van der Waals surface area (Å²) in [4.78, 5) is 18.8. The van der Waals surface area contributed by atoms with E-state index < -0.39 is 0 Å². The SMILES string of the molecule is COc1ccc(-c2noc(CN(C(=O)COc3ccc(C)c(C)c3)C(C)C)n2)cc1. The third-order valence-corrected chi connectivity index (χ3v) is 4.91. The molecule has 3 rings (SSSR count). The number of nitrogens with zero attached hydrogens (tertiary/aromatic N) is 3. The van der Waals surface area contributed by atoms with Crippen LogP contribution < -0.4 is 9.47 Å². The van der Waals surface area contributed by atoms with E-state index in [0.29, 0.717) is 17.5 Å². The Hall–Kier alpha value is -3.35. The molecule has 0 aliphatic rings. The molecule has 0 bridgehead atoms. The Morgan fingerprint density at radius 1 is 1.07 bits per heavy atom. The van der Waals surface area contributed by atoms with Crippen LogP contribution in [0, 0.1) is 13.8 Å². The van der Waals surface area contributed by atoms with E-state index in [1.807, 2.05) is 70.2 Å². The van der Waals surface area contributed by atoms with Crippen LogP contribution in [0.5, 0.6) is 11.5 Å². The Balaban J connectivity index is 1.65. The number of amides is 1. The van der Waals surface area contributed by atoms with Crippen LogP contribution in [-0.4, -0.2) is 40.7 Å². The lowest BCUT2D eigenvalue weighted by atomic mass is 10.1. The average molecular weight is 409 g/mol. The second-order valence-electron chi connectivity index (χ2n) is 7.39. The number of ether oxygens (including phenoxy) is 2. The summed E-state index contributed by atoms with van der Waals surface area (Å²) in [5, 5.41) is 4.03. The standard InChI is InChI=1S/C23H27N3O4/c1-15(2)26(22(27)14-29-20-9-6-16(3)17(4)12-20)13-21-24-23(25-30-21)18-7-10-19(28-5)11-8-18/h6-12,15H,13-14H2,1-5H3. The van der Waals surface area contributed by atoms with Crippen molar-refractivity contribution in [3.63, 3.8) is 0 Å². The van der Waals surface area contributed by atoms with Crippen LogP contribution in [-0.2, 0) is 11.3 Å². The van der Waals surface area contributed by atoms with Gasteiger partial charge >= 0.3 is 0 Å². The fourth-order valence-corrected chi connectivity index (χ4v) is 2.91. The minimum absolute atomic E-state index is 0.0443. The maximum Gasteiger partial charge on any atom is 0.261 e. The quantitative estimate of drug-likeness (QED) is 0.555. The minimum Gasteiger partial charge on any atom is -0.497 e. The average Bonchev–Trinajstić information content (AvgIpc) is 3.21. The highest BCUT2D eigenvalue weighted by Crippen LogP contribution is 2.21. The van der Waals surface area contributed by atoms with Gasteiger partial charge in [0.05, 0.1) is 7.11 Å². The van der Waals surface area contributed by atoms with E-state index >= 15 is 0 Å². The third-order valence-electron chi connectivity index (χ3n) is 4.91. The van der Waals surface area contributed by atoms with Gasteiger partial charge in [0, 0.05) is 11.6 Å². The lowest BCUT2D eigenvalue weighted by Crippen LogP contribution is -2.39. The Bertz CT molecular complexity index is 996. The van der Waals surface area contributed by atoms with Crippen LogP contribution in [0.4, 0.5) is 0 Å². The molecule has 7 heteroatoms.